The molecule has 2 aromatic rings. The first-order chi connectivity index (χ1) is 10.2. The lowest BCUT2D eigenvalue weighted by Crippen LogP contribution is -2.37. The van der Waals surface area contributed by atoms with Crippen LogP contribution in [0.15, 0.2) is 29.1 Å². The van der Waals surface area contributed by atoms with Crippen LogP contribution in [0.5, 0.6) is 0 Å². The summed E-state index contributed by atoms with van der Waals surface area (Å²) >= 11 is 0. The van der Waals surface area contributed by atoms with Crippen LogP contribution >= 0.6 is 0 Å². The Morgan fingerprint density at radius 2 is 2.24 bits per heavy atom. The van der Waals surface area contributed by atoms with Gasteiger partial charge in [-0.3, -0.25) is 9.59 Å². The first-order valence-corrected chi connectivity index (χ1v) is 6.82. The van der Waals surface area contributed by atoms with Gasteiger partial charge >= 0.3 is 0 Å². The molecule has 2 heterocycles. The summed E-state index contributed by atoms with van der Waals surface area (Å²) in [6.45, 7) is 1.12. The number of aromatic nitrogens is 3. The van der Waals surface area contributed by atoms with Gasteiger partial charge in [-0.15, -0.1) is 5.10 Å². The van der Waals surface area contributed by atoms with Crippen molar-refractivity contribution in [3.8, 4) is 0 Å². The fourth-order valence-corrected chi connectivity index (χ4v) is 2.50. The highest BCUT2D eigenvalue weighted by molar-refractivity contribution is 5.78. The molecule has 1 aromatic carbocycles. The van der Waals surface area contributed by atoms with E-state index in [1.54, 1.807) is 36.3 Å². The van der Waals surface area contributed by atoms with Crippen LogP contribution in [0.25, 0.3) is 10.9 Å². The molecule has 1 aliphatic heterocycles. The third-order valence-electron chi connectivity index (χ3n) is 3.75. The standard InChI is InChI=1S/C14H16N4O3/c1-21-10-6-7-17(8-10)13(19)9-18-14(20)11-4-2-3-5-12(11)15-16-18/h2-5,10H,6-9H2,1H3/t10-/m0/s1. The highest BCUT2D eigenvalue weighted by Crippen LogP contribution is 2.12. The molecule has 0 spiro atoms. The second kappa shape index (κ2) is 5.61. The van der Waals surface area contributed by atoms with Crippen LogP contribution in [-0.2, 0) is 16.1 Å². The van der Waals surface area contributed by atoms with Gasteiger partial charge in [0.1, 0.15) is 12.1 Å². The van der Waals surface area contributed by atoms with Crippen molar-refractivity contribution in [2.75, 3.05) is 20.2 Å². The van der Waals surface area contributed by atoms with Gasteiger partial charge in [-0.1, -0.05) is 17.3 Å². The maximum absolute atomic E-state index is 12.3. The Morgan fingerprint density at radius 1 is 1.43 bits per heavy atom. The fraction of sp³-hybridized carbons (Fsp3) is 0.429. The van der Waals surface area contributed by atoms with Gasteiger partial charge in [0.2, 0.25) is 5.91 Å². The number of likely N-dealkylation sites (tertiary alicyclic amines) is 1. The first-order valence-electron chi connectivity index (χ1n) is 6.82. The average Bonchev–Trinajstić information content (AvgIpc) is 2.99. The van der Waals surface area contributed by atoms with Gasteiger partial charge in [0.05, 0.1) is 11.5 Å². The Labute approximate surface area is 121 Å². The van der Waals surface area contributed by atoms with Crippen molar-refractivity contribution in [2.24, 2.45) is 0 Å². The molecule has 1 aromatic heterocycles. The molecule has 1 saturated heterocycles. The maximum atomic E-state index is 12.3. The number of amides is 1. The molecule has 0 radical (unpaired) electrons. The minimum absolute atomic E-state index is 0.0772. The molecule has 1 amide bonds. The Morgan fingerprint density at radius 3 is 3.00 bits per heavy atom. The monoisotopic (exact) mass is 288 g/mol. The van der Waals surface area contributed by atoms with Crippen LogP contribution in [0, 0.1) is 0 Å². The molecule has 0 aliphatic carbocycles. The molecule has 7 nitrogen and oxygen atoms in total. The first kappa shape index (κ1) is 13.7. The molecule has 0 saturated carbocycles. The van der Waals surface area contributed by atoms with E-state index in [1.165, 1.54) is 0 Å². The van der Waals surface area contributed by atoms with Crippen LogP contribution in [-0.4, -0.2) is 52.1 Å². The van der Waals surface area contributed by atoms with Gasteiger partial charge in [0, 0.05) is 20.2 Å². The molecular weight excluding hydrogens is 272 g/mol. The van der Waals surface area contributed by atoms with Crippen LogP contribution < -0.4 is 5.56 Å². The summed E-state index contributed by atoms with van der Waals surface area (Å²) in [5.74, 6) is -0.138. The van der Waals surface area contributed by atoms with Crippen molar-refractivity contribution in [3.63, 3.8) is 0 Å². The zero-order valence-electron chi connectivity index (χ0n) is 11.7. The summed E-state index contributed by atoms with van der Waals surface area (Å²) in [6, 6.07) is 6.96. The highest BCUT2D eigenvalue weighted by atomic mass is 16.5. The van der Waals surface area contributed by atoms with Gasteiger partial charge in [0.15, 0.2) is 0 Å². The zero-order chi connectivity index (χ0) is 14.8. The number of fused-ring (bicyclic) bond motifs is 1. The van der Waals surface area contributed by atoms with Crippen LogP contribution in [0.2, 0.25) is 0 Å². The molecule has 7 heteroatoms. The summed E-state index contributed by atoms with van der Waals surface area (Å²) in [7, 11) is 1.64. The van der Waals surface area contributed by atoms with Gasteiger partial charge in [0.25, 0.3) is 5.56 Å². The topological polar surface area (TPSA) is 77.3 Å². The largest absolute Gasteiger partial charge is 0.380 e. The van der Waals surface area contributed by atoms with Crippen molar-refractivity contribution in [1.29, 1.82) is 0 Å². The number of ether oxygens (including phenoxy) is 1. The molecule has 0 N–H and O–H groups in total. The zero-order valence-corrected chi connectivity index (χ0v) is 11.7. The lowest BCUT2D eigenvalue weighted by molar-refractivity contribution is -0.131. The normalized spacial score (nSPS) is 18.3. The van der Waals surface area contributed by atoms with E-state index in [4.69, 9.17) is 4.74 Å². The molecule has 1 aliphatic rings. The van der Waals surface area contributed by atoms with Crippen molar-refractivity contribution in [3.05, 3.63) is 34.6 Å². The van der Waals surface area contributed by atoms with Gasteiger partial charge in [-0.2, -0.15) is 0 Å². The third-order valence-corrected chi connectivity index (χ3v) is 3.75. The van der Waals surface area contributed by atoms with Crippen molar-refractivity contribution < 1.29 is 9.53 Å². The lowest BCUT2D eigenvalue weighted by atomic mass is 10.2. The second-order valence-electron chi connectivity index (χ2n) is 5.06. The summed E-state index contributed by atoms with van der Waals surface area (Å²) in [6.07, 6.45) is 0.897. The average molecular weight is 288 g/mol. The number of carbonyl (C=O) groups excluding carboxylic acids is 1. The molecule has 110 valence electrons. The fourth-order valence-electron chi connectivity index (χ4n) is 2.50. The SMILES string of the molecule is CO[C@H]1CCN(C(=O)Cn2nnc3ccccc3c2=O)C1. The molecule has 1 atom stereocenters. The van der Waals surface area contributed by atoms with E-state index < -0.39 is 0 Å². The number of carbonyl (C=O) groups is 1. The molecular formula is C14H16N4O3. The molecule has 0 bridgehead atoms. The molecule has 21 heavy (non-hydrogen) atoms. The maximum Gasteiger partial charge on any atom is 0.278 e. The molecule has 3 rings (SSSR count). The summed E-state index contributed by atoms with van der Waals surface area (Å²) in [5, 5.41) is 8.27. The summed E-state index contributed by atoms with van der Waals surface area (Å²) < 4.78 is 6.35. The summed E-state index contributed by atoms with van der Waals surface area (Å²) in [4.78, 5) is 26.2. The van der Waals surface area contributed by atoms with Crippen LogP contribution in [0.1, 0.15) is 6.42 Å². The molecule has 1 fully saturated rings. The van der Waals surface area contributed by atoms with E-state index in [-0.39, 0.29) is 24.1 Å². The van der Waals surface area contributed by atoms with Crippen LogP contribution in [0.3, 0.4) is 0 Å². The van der Waals surface area contributed by atoms with E-state index in [9.17, 15) is 9.59 Å². The van der Waals surface area contributed by atoms with Gasteiger partial charge in [-0.05, 0) is 18.6 Å². The Bertz CT molecular complexity index is 727. The van der Waals surface area contributed by atoms with Gasteiger partial charge in [-0.25, -0.2) is 4.68 Å². The summed E-state index contributed by atoms with van der Waals surface area (Å²) in [5.41, 5.74) is 0.239. The van der Waals surface area contributed by atoms with E-state index in [0.29, 0.717) is 24.0 Å². The molecule has 0 unspecified atom stereocenters. The quantitative estimate of drug-likeness (QED) is 0.797. The van der Waals surface area contributed by atoms with E-state index in [2.05, 4.69) is 10.3 Å². The van der Waals surface area contributed by atoms with Crippen molar-refractivity contribution in [1.82, 2.24) is 19.9 Å². The van der Waals surface area contributed by atoms with E-state index >= 15 is 0 Å². The number of hydrogen-bond donors (Lipinski definition) is 0. The Kier molecular flexibility index (Phi) is 3.66. The smallest absolute Gasteiger partial charge is 0.278 e. The third kappa shape index (κ3) is 2.64. The second-order valence-corrected chi connectivity index (χ2v) is 5.06. The lowest BCUT2D eigenvalue weighted by Gasteiger charge is -2.16. The van der Waals surface area contributed by atoms with Crippen molar-refractivity contribution in [2.45, 2.75) is 19.1 Å². The number of benzene rings is 1. The Balaban J connectivity index is 1.81. The number of methoxy groups -OCH3 is 1. The van der Waals surface area contributed by atoms with E-state index in [0.717, 1.165) is 11.1 Å². The van der Waals surface area contributed by atoms with Crippen LogP contribution in [0.4, 0.5) is 0 Å². The van der Waals surface area contributed by atoms with E-state index in [1.807, 2.05) is 0 Å². The number of rotatable bonds is 3. The predicted octanol–water partition coefficient (Wildman–Crippen LogP) is 0.0388. The highest BCUT2D eigenvalue weighted by Gasteiger charge is 2.26. The number of nitrogens with zero attached hydrogens (tertiary/aromatic N) is 4. The predicted molar refractivity (Wildman–Crippen MR) is 75.8 cm³/mol. The minimum atomic E-state index is -0.295. The van der Waals surface area contributed by atoms with Gasteiger partial charge < -0.3 is 9.64 Å². The van der Waals surface area contributed by atoms with Crippen molar-refractivity contribution >= 4 is 16.8 Å². The Hall–Kier alpha value is -2.28. The number of hydrogen-bond acceptors (Lipinski definition) is 5. The minimum Gasteiger partial charge on any atom is -0.380 e.